The third-order valence-electron chi connectivity index (χ3n) is 2.21. The summed E-state index contributed by atoms with van der Waals surface area (Å²) in [6, 6.07) is 2.67. The van der Waals surface area contributed by atoms with Gasteiger partial charge in [0, 0.05) is 23.2 Å². The van der Waals surface area contributed by atoms with Gasteiger partial charge in [0.1, 0.15) is 17.3 Å². The number of nitrogens with two attached hydrogens (primary N) is 1. The molecule has 0 heterocycles. The summed E-state index contributed by atoms with van der Waals surface area (Å²) < 4.78 is 23.5. The highest BCUT2D eigenvalue weighted by atomic mass is 19.1. The van der Waals surface area contributed by atoms with Crippen LogP contribution >= 0.6 is 0 Å². The standard InChI is InChI=1S/C12H18FNO2/c1-12(2,14)7-9-10(15-3)5-8(13)6-11(9)16-4/h5-6H,7,14H2,1-4H3. The lowest BCUT2D eigenvalue weighted by Crippen LogP contribution is -2.34. The van der Waals surface area contributed by atoms with Crippen LogP contribution in [-0.2, 0) is 6.42 Å². The molecule has 90 valence electrons. The molecule has 3 nitrogen and oxygen atoms in total. The first-order chi connectivity index (χ1) is 7.37. The van der Waals surface area contributed by atoms with Crippen LogP contribution in [0.3, 0.4) is 0 Å². The molecule has 4 heteroatoms. The summed E-state index contributed by atoms with van der Waals surface area (Å²) in [5.41, 5.74) is 6.33. The first kappa shape index (κ1) is 12.8. The van der Waals surface area contributed by atoms with Gasteiger partial charge in [-0.1, -0.05) is 0 Å². The van der Waals surface area contributed by atoms with E-state index in [2.05, 4.69) is 0 Å². The molecule has 0 atom stereocenters. The Morgan fingerprint density at radius 3 is 1.94 bits per heavy atom. The molecule has 16 heavy (non-hydrogen) atoms. The molecule has 0 saturated heterocycles. The van der Waals surface area contributed by atoms with Crippen molar-refractivity contribution >= 4 is 0 Å². The van der Waals surface area contributed by atoms with E-state index in [1.54, 1.807) is 0 Å². The SMILES string of the molecule is COc1cc(F)cc(OC)c1CC(C)(C)N. The quantitative estimate of drug-likeness (QED) is 0.857. The van der Waals surface area contributed by atoms with Crippen LogP contribution in [0.15, 0.2) is 12.1 Å². The second-order valence-electron chi connectivity index (χ2n) is 4.45. The van der Waals surface area contributed by atoms with E-state index in [1.165, 1.54) is 26.4 Å². The minimum Gasteiger partial charge on any atom is -0.496 e. The molecule has 2 N–H and O–H groups in total. The first-order valence-electron chi connectivity index (χ1n) is 5.06. The van der Waals surface area contributed by atoms with Gasteiger partial charge in [0.2, 0.25) is 0 Å². The highest BCUT2D eigenvalue weighted by Gasteiger charge is 2.20. The van der Waals surface area contributed by atoms with E-state index in [-0.39, 0.29) is 5.82 Å². The molecule has 0 spiro atoms. The topological polar surface area (TPSA) is 44.5 Å². The Labute approximate surface area is 95.4 Å². The highest BCUT2D eigenvalue weighted by Crippen LogP contribution is 2.32. The van der Waals surface area contributed by atoms with Crippen LogP contribution in [0.4, 0.5) is 4.39 Å². The van der Waals surface area contributed by atoms with Gasteiger partial charge in [0.05, 0.1) is 14.2 Å². The van der Waals surface area contributed by atoms with E-state index in [4.69, 9.17) is 15.2 Å². The van der Waals surface area contributed by atoms with E-state index >= 15 is 0 Å². The Kier molecular flexibility index (Phi) is 3.75. The van der Waals surface area contributed by atoms with Crippen molar-refractivity contribution in [2.75, 3.05) is 14.2 Å². The monoisotopic (exact) mass is 227 g/mol. The van der Waals surface area contributed by atoms with Gasteiger partial charge in [0.25, 0.3) is 0 Å². The summed E-state index contributed by atoms with van der Waals surface area (Å²) in [6.45, 7) is 3.80. The van der Waals surface area contributed by atoms with Crippen molar-refractivity contribution in [1.82, 2.24) is 0 Å². The van der Waals surface area contributed by atoms with Gasteiger partial charge in [0.15, 0.2) is 0 Å². The van der Waals surface area contributed by atoms with Crippen molar-refractivity contribution < 1.29 is 13.9 Å². The van der Waals surface area contributed by atoms with E-state index in [0.717, 1.165) is 5.56 Å². The largest absolute Gasteiger partial charge is 0.496 e. The molecule has 0 aliphatic rings. The van der Waals surface area contributed by atoms with Crippen molar-refractivity contribution in [2.45, 2.75) is 25.8 Å². The maximum atomic E-state index is 13.2. The van der Waals surface area contributed by atoms with Crippen molar-refractivity contribution in [1.29, 1.82) is 0 Å². The van der Waals surface area contributed by atoms with Crippen molar-refractivity contribution in [3.63, 3.8) is 0 Å². The summed E-state index contributed by atoms with van der Waals surface area (Å²) in [5, 5.41) is 0. The molecular weight excluding hydrogens is 209 g/mol. The van der Waals surface area contributed by atoms with Gasteiger partial charge in [-0.25, -0.2) is 4.39 Å². The Morgan fingerprint density at radius 1 is 1.19 bits per heavy atom. The van der Waals surface area contributed by atoms with E-state index in [0.29, 0.717) is 17.9 Å². The number of benzene rings is 1. The Balaban J connectivity index is 3.22. The maximum absolute atomic E-state index is 13.2. The second kappa shape index (κ2) is 4.70. The summed E-state index contributed by atoms with van der Waals surface area (Å²) in [5.74, 6) is 0.554. The molecule has 0 aliphatic carbocycles. The molecule has 0 amide bonds. The Morgan fingerprint density at radius 2 is 1.62 bits per heavy atom. The van der Waals surface area contributed by atoms with Gasteiger partial charge in [-0.15, -0.1) is 0 Å². The normalized spacial score (nSPS) is 11.4. The summed E-state index contributed by atoms with van der Waals surface area (Å²) in [7, 11) is 3.00. The van der Waals surface area contributed by atoms with Crippen molar-refractivity contribution in [2.24, 2.45) is 5.73 Å². The molecule has 1 aromatic carbocycles. The smallest absolute Gasteiger partial charge is 0.130 e. The summed E-state index contributed by atoms with van der Waals surface area (Å²) in [4.78, 5) is 0. The fourth-order valence-electron chi connectivity index (χ4n) is 1.58. The molecule has 0 fully saturated rings. The molecule has 0 bridgehead atoms. The minimum absolute atomic E-state index is 0.382. The van der Waals surface area contributed by atoms with E-state index in [9.17, 15) is 4.39 Å². The summed E-state index contributed by atoms with van der Waals surface area (Å²) in [6.07, 6.45) is 0.555. The van der Waals surface area contributed by atoms with Gasteiger partial charge in [-0.05, 0) is 20.3 Å². The fraction of sp³-hybridized carbons (Fsp3) is 0.500. The number of halogens is 1. The number of hydrogen-bond donors (Lipinski definition) is 1. The zero-order chi connectivity index (χ0) is 12.3. The predicted octanol–water partition coefficient (Wildman–Crippen LogP) is 2.12. The molecule has 0 unspecified atom stereocenters. The van der Waals surface area contributed by atoms with E-state index in [1.807, 2.05) is 13.8 Å². The summed E-state index contributed by atoms with van der Waals surface area (Å²) >= 11 is 0. The maximum Gasteiger partial charge on any atom is 0.130 e. The van der Waals surface area contributed by atoms with Crippen LogP contribution in [0.5, 0.6) is 11.5 Å². The third-order valence-corrected chi connectivity index (χ3v) is 2.21. The lowest BCUT2D eigenvalue weighted by Gasteiger charge is -2.22. The van der Waals surface area contributed by atoms with Gasteiger partial charge in [-0.3, -0.25) is 0 Å². The van der Waals surface area contributed by atoms with Crippen LogP contribution in [0.1, 0.15) is 19.4 Å². The van der Waals surface area contributed by atoms with E-state index < -0.39 is 5.54 Å². The Bertz CT molecular complexity index is 347. The van der Waals surface area contributed by atoms with Crippen LogP contribution in [0.25, 0.3) is 0 Å². The molecular formula is C12H18FNO2. The Hall–Kier alpha value is -1.29. The fourth-order valence-corrected chi connectivity index (χ4v) is 1.58. The lowest BCUT2D eigenvalue weighted by atomic mass is 9.95. The minimum atomic E-state index is -0.404. The number of hydrogen-bond acceptors (Lipinski definition) is 3. The van der Waals surface area contributed by atoms with Crippen molar-refractivity contribution in [3.8, 4) is 11.5 Å². The zero-order valence-corrected chi connectivity index (χ0v) is 10.1. The van der Waals surface area contributed by atoms with Crippen LogP contribution < -0.4 is 15.2 Å². The molecule has 0 aromatic heterocycles. The zero-order valence-electron chi connectivity index (χ0n) is 10.1. The predicted molar refractivity (Wildman–Crippen MR) is 61.5 cm³/mol. The number of rotatable bonds is 4. The second-order valence-corrected chi connectivity index (χ2v) is 4.45. The van der Waals surface area contributed by atoms with Crippen LogP contribution in [0.2, 0.25) is 0 Å². The van der Waals surface area contributed by atoms with Gasteiger partial charge < -0.3 is 15.2 Å². The molecule has 1 rings (SSSR count). The average Bonchev–Trinajstić information content (AvgIpc) is 2.18. The molecule has 0 saturated carbocycles. The lowest BCUT2D eigenvalue weighted by molar-refractivity contribution is 0.370. The third kappa shape index (κ3) is 3.10. The van der Waals surface area contributed by atoms with Crippen LogP contribution in [-0.4, -0.2) is 19.8 Å². The van der Waals surface area contributed by atoms with Gasteiger partial charge >= 0.3 is 0 Å². The molecule has 0 aliphatic heterocycles. The number of methoxy groups -OCH3 is 2. The van der Waals surface area contributed by atoms with Crippen LogP contribution in [0, 0.1) is 5.82 Å². The molecule has 0 radical (unpaired) electrons. The van der Waals surface area contributed by atoms with Gasteiger partial charge in [-0.2, -0.15) is 0 Å². The molecule has 1 aromatic rings. The number of ether oxygens (including phenoxy) is 2. The van der Waals surface area contributed by atoms with Crippen molar-refractivity contribution in [3.05, 3.63) is 23.5 Å². The average molecular weight is 227 g/mol. The highest BCUT2D eigenvalue weighted by molar-refractivity contribution is 5.46. The first-order valence-corrected chi connectivity index (χ1v) is 5.06.